The van der Waals surface area contributed by atoms with Crippen molar-refractivity contribution in [3.63, 3.8) is 0 Å². The number of nitrogens with zero attached hydrogens (tertiary/aromatic N) is 2. The Morgan fingerprint density at radius 1 is 1.18 bits per heavy atom. The molecule has 0 radical (unpaired) electrons. The van der Waals surface area contributed by atoms with Crippen LogP contribution in [-0.4, -0.2) is 55.8 Å². The molecule has 0 spiro atoms. The summed E-state index contributed by atoms with van der Waals surface area (Å²) in [6, 6.07) is 9.33. The second-order valence-electron chi connectivity index (χ2n) is 8.77. The largest absolute Gasteiger partial charge is 0.482 e. The molecule has 0 aliphatic carbocycles. The maximum atomic E-state index is 12.5. The molecule has 3 aliphatic rings. The summed E-state index contributed by atoms with van der Waals surface area (Å²) in [5, 5.41) is 0. The Kier molecular flexibility index (Phi) is 6.22. The first-order valence-corrected chi connectivity index (χ1v) is 11.0. The molecule has 1 amide bonds. The van der Waals surface area contributed by atoms with Crippen molar-refractivity contribution in [2.75, 3.05) is 37.8 Å². The van der Waals surface area contributed by atoms with E-state index in [2.05, 4.69) is 18.7 Å². The molecular formula is C23H34N2O3. The normalized spacial score (nSPS) is 28.1. The highest BCUT2D eigenvalue weighted by Crippen LogP contribution is 2.40. The van der Waals surface area contributed by atoms with Gasteiger partial charge in [-0.05, 0) is 63.0 Å². The van der Waals surface area contributed by atoms with Crippen molar-refractivity contribution < 1.29 is 14.3 Å². The van der Waals surface area contributed by atoms with Crippen molar-refractivity contribution >= 4 is 11.6 Å². The summed E-state index contributed by atoms with van der Waals surface area (Å²) in [7, 11) is 0. The summed E-state index contributed by atoms with van der Waals surface area (Å²) in [6.45, 7) is 8.10. The summed E-state index contributed by atoms with van der Waals surface area (Å²) in [5.41, 5.74) is 0.920. The van der Waals surface area contributed by atoms with E-state index in [1.165, 1.54) is 32.1 Å². The third-order valence-electron chi connectivity index (χ3n) is 6.68. The quantitative estimate of drug-likeness (QED) is 0.639. The number of fused-ring (bicyclic) bond motifs is 3. The van der Waals surface area contributed by atoms with Gasteiger partial charge in [0.25, 0.3) is 5.91 Å². The van der Waals surface area contributed by atoms with E-state index >= 15 is 0 Å². The van der Waals surface area contributed by atoms with Crippen LogP contribution in [-0.2, 0) is 9.53 Å². The lowest BCUT2D eigenvalue weighted by molar-refractivity contribution is -0.121. The third-order valence-corrected chi connectivity index (χ3v) is 6.68. The van der Waals surface area contributed by atoms with E-state index in [4.69, 9.17) is 9.47 Å². The number of benzene rings is 1. The first-order chi connectivity index (χ1) is 13.7. The van der Waals surface area contributed by atoms with Gasteiger partial charge in [-0.1, -0.05) is 19.1 Å². The van der Waals surface area contributed by atoms with Crippen LogP contribution in [0, 0.1) is 11.8 Å². The van der Waals surface area contributed by atoms with Crippen molar-refractivity contribution in [2.24, 2.45) is 11.8 Å². The molecule has 0 N–H and O–H groups in total. The van der Waals surface area contributed by atoms with Gasteiger partial charge in [0.1, 0.15) is 5.75 Å². The van der Waals surface area contributed by atoms with Gasteiger partial charge in [0, 0.05) is 38.4 Å². The van der Waals surface area contributed by atoms with Gasteiger partial charge in [-0.15, -0.1) is 0 Å². The molecule has 3 heterocycles. The molecule has 1 unspecified atom stereocenters. The Morgan fingerprint density at radius 3 is 2.68 bits per heavy atom. The van der Waals surface area contributed by atoms with E-state index < -0.39 is 0 Å². The van der Waals surface area contributed by atoms with Crippen LogP contribution in [0.5, 0.6) is 5.75 Å². The number of carbonyl (C=O) groups is 1. The highest BCUT2D eigenvalue weighted by molar-refractivity contribution is 5.97. The smallest absolute Gasteiger partial charge is 0.265 e. The molecule has 154 valence electrons. The minimum atomic E-state index is 0.0724. The average molecular weight is 387 g/mol. The van der Waals surface area contributed by atoms with E-state index in [1.807, 2.05) is 29.2 Å². The fourth-order valence-electron chi connectivity index (χ4n) is 5.40. The van der Waals surface area contributed by atoms with E-state index in [-0.39, 0.29) is 12.5 Å². The highest BCUT2D eigenvalue weighted by Gasteiger charge is 2.41. The molecule has 2 fully saturated rings. The van der Waals surface area contributed by atoms with Gasteiger partial charge in [0.05, 0.1) is 5.69 Å². The number of amides is 1. The lowest BCUT2D eigenvalue weighted by Crippen LogP contribution is -2.48. The van der Waals surface area contributed by atoms with E-state index in [9.17, 15) is 4.79 Å². The molecule has 2 saturated heterocycles. The van der Waals surface area contributed by atoms with Crippen LogP contribution in [0.25, 0.3) is 0 Å². The van der Waals surface area contributed by atoms with Crippen LogP contribution in [0.1, 0.15) is 46.0 Å². The van der Waals surface area contributed by atoms with Gasteiger partial charge in [-0.3, -0.25) is 9.69 Å². The van der Waals surface area contributed by atoms with Gasteiger partial charge in [-0.2, -0.15) is 0 Å². The number of rotatable bonds is 8. The van der Waals surface area contributed by atoms with Crippen LogP contribution < -0.4 is 9.64 Å². The Hall–Kier alpha value is -1.59. The fraction of sp³-hybridized carbons (Fsp3) is 0.696. The van der Waals surface area contributed by atoms with Crippen LogP contribution in [0.15, 0.2) is 24.3 Å². The van der Waals surface area contributed by atoms with E-state index in [1.54, 1.807) is 0 Å². The summed E-state index contributed by atoms with van der Waals surface area (Å²) < 4.78 is 11.2. The van der Waals surface area contributed by atoms with E-state index in [0.29, 0.717) is 5.92 Å². The fourth-order valence-corrected chi connectivity index (χ4v) is 5.40. The molecule has 2 bridgehead atoms. The van der Waals surface area contributed by atoms with E-state index in [0.717, 1.165) is 55.7 Å². The zero-order chi connectivity index (χ0) is 19.5. The Labute approximate surface area is 169 Å². The number of hydrogen-bond donors (Lipinski definition) is 0. The molecule has 1 aromatic rings. The molecule has 0 aromatic heterocycles. The topological polar surface area (TPSA) is 42.0 Å². The zero-order valence-corrected chi connectivity index (χ0v) is 17.3. The Morgan fingerprint density at radius 2 is 1.93 bits per heavy atom. The predicted molar refractivity (Wildman–Crippen MR) is 111 cm³/mol. The monoisotopic (exact) mass is 386 g/mol. The summed E-state index contributed by atoms with van der Waals surface area (Å²) in [5.74, 6) is 2.16. The first-order valence-electron chi connectivity index (χ1n) is 11.0. The Bertz CT molecular complexity index is 666. The summed E-state index contributed by atoms with van der Waals surface area (Å²) >= 11 is 0. The lowest BCUT2D eigenvalue weighted by Gasteiger charge is -2.41. The van der Waals surface area contributed by atoms with Gasteiger partial charge in [-0.25, -0.2) is 0 Å². The van der Waals surface area contributed by atoms with Gasteiger partial charge < -0.3 is 14.4 Å². The summed E-state index contributed by atoms with van der Waals surface area (Å²) in [6.07, 6.45) is 6.51. The Balaban J connectivity index is 1.34. The molecule has 4 atom stereocenters. The minimum Gasteiger partial charge on any atom is -0.482 e. The molecule has 28 heavy (non-hydrogen) atoms. The second kappa shape index (κ2) is 8.83. The number of carbonyl (C=O) groups excluding carboxylic acids is 1. The standard InChI is InChI=1S/C23H34N2O3/c1-3-27-11-10-18-12-19-8-9-20(13-18)24(19)14-17(2)15-25-21-6-4-5-7-22(21)28-16-23(25)26/h4-7,17-20H,3,8-16H2,1-2H3/t17-,18?,19-,20+/m0/s1. The minimum absolute atomic E-state index is 0.0724. The number of para-hydroxylation sites is 2. The van der Waals surface area contributed by atoms with Crippen molar-refractivity contribution in [1.82, 2.24) is 4.90 Å². The number of anilines is 1. The first kappa shape index (κ1) is 19.7. The van der Waals surface area contributed by atoms with Crippen molar-refractivity contribution in [3.05, 3.63) is 24.3 Å². The average Bonchev–Trinajstić information content (AvgIpc) is 2.92. The molecule has 4 rings (SSSR count). The molecular weight excluding hydrogens is 352 g/mol. The van der Waals surface area contributed by atoms with Crippen LogP contribution in [0.4, 0.5) is 5.69 Å². The number of piperidine rings is 1. The van der Waals surface area contributed by atoms with Crippen molar-refractivity contribution in [3.8, 4) is 5.75 Å². The zero-order valence-electron chi connectivity index (χ0n) is 17.3. The van der Waals surface area contributed by atoms with Gasteiger partial charge in [0.2, 0.25) is 0 Å². The van der Waals surface area contributed by atoms with Crippen molar-refractivity contribution in [1.29, 1.82) is 0 Å². The second-order valence-corrected chi connectivity index (χ2v) is 8.77. The maximum Gasteiger partial charge on any atom is 0.265 e. The van der Waals surface area contributed by atoms with Crippen LogP contribution >= 0.6 is 0 Å². The lowest BCUT2D eigenvalue weighted by atomic mass is 9.88. The van der Waals surface area contributed by atoms with Gasteiger partial charge in [0.15, 0.2) is 6.61 Å². The summed E-state index contributed by atoms with van der Waals surface area (Å²) in [4.78, 5) is 17.1. The molecule has 3 aliphatic heterocycles. The van der Waals surface area contributed by atoms with Crippen LogP contribution in [0.3, 0.4) is 0 Å². The molecule has 1 aromatic carbocycles. The van der Waals surface area contributed by atoms with Gasteiger partial charge >= 0.3 is 0 Å². The SMILES string of the molecule is CCOCCC1C[C@H]2CC[C@@H](C1)N2C[C@H](C)CN1C(=O)COc2ccccc21. The van der Waals surface area contributed by atoms with Crippen molar-refractivity contribution in [2.45, 2.75) is 58.0 Å². The predicted octanol–water partition coefficient (Wildman–Crippen LogP) is 3.72. The highest BCUT2D eigenvalue weighted by atomic mass is 16.5. The number of hydrogen-bond acceptors (Lipinski definition) is 4. The third kappa shape index (κ3) is 4.20. The maximum absolute atomic E-state index is 12.5. The molecule has 0 saturated carbocycles. The number of ether oxygens (including phenoxy) is 2. The molecule has 5 heteroatoms. The molecule has 5 nitrogen and oxygen atoms in total. The van der Waals surface area contributed by atoms with Crippen LogP contribution in [0.2, 0.25) is 0 Å².